The fourth-order valence-electron chi connectivity index (χ4n) is 1.99. The highest BCUT2D eigenvalue weighted by Gasteiger charge is 2.12. The van der Waals surface area contributed by atoms with Crippen LogP contribution >= 0.6 is 12.6 Å². The maximum atomic E-state index is 11.0. The normalized spacial score (nSPS) is 11.7. The van der Waals surface area contributed by atoms with E-state index in [1.54, 1.807) is 12.1 Å². The molecule has 0 heterocycles. The van der Waals surface area contributed by atoms with Gasteiger partial charge in [-0.15, -0.1) is 0 Å². The second-order valence-electron chi connectivity index (χ2n) is 4.27. The van der Waals surface area contributed by atoms with E-state index in [0.717, 1.165) is 5.56 Å². The van der Waals surface area contributed by atoms with Crippen molar-refractivity contribution in [1.82, 2.24) is 0 Å². The Kier molecular flexibility index (Phi) is 5.07. The lowest BCUT2D eigenvalue weighted by atomic mass is 9.93. The van der Waals surface area contributed by atoms with Crippen LogP contribution in [0.2, 0.25) is 0 Å². The third-order valence-corrected chi connectivity index (χ3v) is 3.40. The van der Waals surface area contributed by atoms with E-state index < -0.39 is 6.16 Å². The Morgan fingerprint density at radius 2 is 1.65 bits per heavy atom. The summed E-state index contributed by atoms with van der Waals surface area (Å²) in [5, 5.41) is 0. The molecule has 0 aliphatic heterocycles. The molecule has 2 aromatic rings. The second kappa shape index (κ2) is 7.01. The van der Waals surface area contributed by atoms with Crippen molar-refractivity contribution >= 4 is 18.8 Å². The number of benzene rings is 2. The summed E-state index contributed by atoms with van der Waals surface area (Å²) in [5.74, 6) is 1.39. The highest BCUT2D eigenvalue weighted by Crippen LogP contribution is 2.27. The van der Waals surface area contributed by atoms with Crippen LogP contribution in [-0.4, -0.2) is 19.0 Å². The standard InChI is InChI=1S/C16H16O3S/c1-18-16(17)19-14-9-7-13(8-10-14)15(11-20)12-5-3-2-4-6-12/h2-10,15,20H,11H2,1H3. The Balaban J connectivity index is 2.18. The van der Waals surface area contributed by atoms with E-state index >= 15 is 0 Å². The molecule has 0 spiro atoms. The van der Waals surface area contributed by atoms with Gasteiger partial charge in [-0.25, -0.2) is 4.79 Å². The van der Waals surface area contributed by atoms with Crippen LogP contribution in [0.15, 0.2) is 54.6 Å². The first-order valence-electron chi connectivity index (χ1n) is 6.26. The van der Waals surface area contributed by atoms with Gasteiger partial charge in [0.2, 0.25) is 0 Å². The second-order valence-corrected chi connectivity index (χ2v) is 4.64. The molecule has 104 valence electrons. The number of thiol groups is 1. The number of rotatable bonds is 4. The van der Waals surface area contributed by atoms with Crippen LogP contribution in [0.4, 0.5) is 4.79 Å². The molecule has 2 rings (SSSR count). The van der Waals surface area contributed by atoms with Crippen molar-refractivity contribution in [2.24, 2.45) is 0 Å². The first kappa shape index (κ1) is 14.5. The monoisotopic (exact) mass is 288 g/mol. The van der Waals surface area contributed by atoms with Crippen molar-refractivity contribution in [3.8, 4) is 5.75 Å². The first-order chi connectivity index (χ1) is 9.74. The van der Waals surface area contributed by atoms with E-state index in [2.05, 4.69) is 29.5 Å². The quantitative estimate of drug-likeness (QED) is 0.526. The fraction of sp³-hybridized carbons (Fsp3) is 0.188. The van der Waals surface area contributed by atoms with E-state index in [1.807, 2.05) is 30.3 Å². The van der Waals surface area contributed by atoms with E-state index in [1.165, 1.54) is 12.7 Å². The van der Waals surface area contributed by atoms with Gasteiger partial charge in [0.1, 0.15) is 5.75 Å². The highest BCUT2D eigenvalue weighted by molar-refractivity contribution is 7.80. The largest absolute Gasteiger partial charge is 0.513 e. The molecule has 0 radical (unpaired) electrons. The number of methoxy groups -OCH3 is 1. The van der Waals surface area contributed by atoms with Crippen LogP contribution < -0.4 is 4.74 Å². The summed E-state index contributed by atoms with van der Waals surface area (Å²) in [6, 6.07) is 17.6. The Morgan fingerprint density at radius 3 is 2.20 bits per heavy atom. The molecule has 1 atom stereocenters. The van der Waals surface area contributed by atoms with Gasteiger partial charge in [0, 0.05) is 11.7 Å². The molecule has 0 aromatic heterocycles. The summed E-state index contributed by atoms with van der Waals surface area (Å²) in [5.41, 5.74) is 2.34. The summed E-state index contributed by atoms with van der Waals surface area (Å²) in [4.78, 5) is 11.0. The van der Waals surface area contributed by atoms with Crippen LogP contribution in [0.5, 0.6) is 5.75 Å². The summed E-state index contributed by atoms with van der Waals surface area (Å²) in [7, 11) is 1.28. The van der Waals surface area contributed by atoms with E-state index in [4.69, 9.17) is 4.74 Å². The minimum Gasteiger partial charge on any atom is -0.437 e. The lowest BCUT2D eigenvalue weighted by molar-refractivity contribution is 0.121. The van der Waals surface area contributed by atoms with E-state index in [9.17, 15) is 4.79 Å². The number of hydrogen-bond acceptors (Lipinski definition) is 4. The summed E-state index contributed by atoms with van der Waals surface area (Å²) < 4.78 is 9.41. The smallest absolute Gasteiger partial charge is 0.437 e. The van der Waals surface area contributed by atoms with Gasteiger partial charge in [-0.2, -0.15) is 12.6 Å². The lowest BCUT2D eigenvalue weighted by Crippen LogP contribution is -2.07. The zero-order chi connectivity index (χ0) is 14.4. The van der Waals surface area contributed by atoms with Crippen LogP contribution in [0.1, 0.15) is 17.0 Å². The summed E-state index contributed by atoms with van der Waals surface area (Å²) >= 11 is 4.43. The molecule has 2 aromatic carbocycles. The van der Waals surface area contributed by atoms with Gasteiger partial charge in [-0.1, -0.05) is 42.5 Å². The molecule has 1 unspecified atom stereocenters. The lowest BCUT2D eigenvalue weighted by Gasteiger charge is -2.15. The van der Waals surface area contributed by atoms with Gasteiger partial charge in [0.15, 0.2) is 0 Å². The SMILES string of the molecule is COC(=O)Oc1ccc(C(CS)c2ccccc2)cc1. The molecule has 0 bridgehead atoms. The minimum absolute atomic E-state index is 0.215. The maximum absolute atomic E-state index is 11.0. The van der Waals surface area contributed by atoms with Crippen LogP contribution in [0.25, 0.3) is 0 Å². The van der Waals surface area contributed by atoms with Gasteiger partial charge in [0.25, 0.3) is 0 Å². The minimum atomic E-state index is -0.716. The molecule has 20 heavy (non-hydrogen) atoms. The molecular weight excluding hydrogens is 272 g/mol. The van der Waals surface area contributed by atoms with Gasteiger partial charge in [-0.05, 0) is 23.3 Å². The van der Waals surface area contributed by atoms with Gasteiger partial charge in [0.05, 0.1) is 7.11 Å². The Morgan fingerprint density at radius 1 is 1.05 bits per heavy atom. The number of hydrogen-bond donors (Lipinski definition) is 1. The predicted molar refractivity (Wildman–Crippen MR) is 81.6 cm³/mol. The van der Waals surface area contributed by atoms with Crippen molar-refractivity contribution < 1.29 is 14.3 Å². The molecular formula is C16H16O3S. The Hall–Kier alpha value is -1.94. The molecule has 0 fully saturated rings. The molecule has 0 aliphatic rings. The Bertz CT molecular complexity index is 552. The van der Waals surface area contributed by atoms with Crippen LogP contribution in [0, 0.1) is 0 Å². The van der Waals surface area contributed by atoms with Gasteiger partial charge in [-0.3, -0.25) is 0 Å². The number of carbonyl (C=O) groups excluding carboxylic acids is 1. The summed E-state index contributed by atoms with van der Waals surface area (Å²) in [6.07, 6.45) is -0.716. The summed E-state index contributed by atoms with van der Waals surface area (Å²) in [6.45, 7) is 0. The molecule has 0 saturated carbocycles. The molecule has 0 amide bonds. The zero-order valence-electron chi connectivity index (χ0n) is 11.2. The molecule has 0 aliphatic carbocycles. The number of ether oxygens (including phenoxy) is 2. The highest BCUT2D eigenvalue weighted by atomic mass is 32.1. The molecule has 3 nitrogen and oxygen atoms in total. The predicted octanol–water partition coefficient (Wildman–Crippen LogP) is 3.89. The van der Waals surface area contributed by atoms with Crippen LogP contribution in [0.3, 0.4) is 0 Å². The van der Waals surface area contributed by atoms with Crippen molar-refractivity contribution in [3.63, 3.8) is 0 Å². The van der Waals surface area contributed by atoms with Crippen molar-refractivity contribution in [2.45, 2.75) is 5.92 Å². The molecule has 0 N–H and O–H groups in total. The molecule has 0 saturated heterocycles. The average Bonchev–Trinajstić information content (AvgIpc) is 2.50. The third kappa shape index (κ3) is 3.54. The van der Waals surface area contributed by atoms with Crippen molar-refractivity contribution in [2.75, 3.05) is 12.9 Å². The topological polar surface area (TPSA) is 35.5 Å². The van der Waals surface area contributed by atoms with Crippen LogP contribution in [-0.2, 0) is 4.74 Å². The third-order valence-electron chi connectivity index (χ3n) is 3.03. The van der Waals surface area contributed by atoms with Gasteiger partial charge >= 0.3 is 6.16 Å². The average molecular weight is 288 g/mol. The van der Waals surface area contributed by atoms with Crippen molar-refractivity contribution in [1.29, 1.82) is 0 Å². The molecule has 4 heteroatoms. The zero-order valence-corrected chi connectivity index (χ0v) is 12.0. The van der Waals surface area contributed by atoms with E-state index in [0.29, 0.717) is 11.5 Å². The van der Waals surface area contributed by atoms with Gasteiger partial charge < -0.3 is 9.47 Å². The van der Waals surface area contributed by atoms with E-state index in [-0.39, 0.29) is 5.92 Å². The van der Waals surface area contributed by atoms with Crippen molar-refractivity contribution in [3.05, 3.63) is 65.7 Å². The first-order valence-corrected chi connectivity index (χ1v) is 6.89. The Labute approximate surface area is 123 Å². The maximum Gasteiger partial charge on any atom is 0.513 e. The number of carbonyl (C=O) groups is 1. The fourth-order valence-corrected chi connectivity index (χ4v) is 2.42.